The molecule has 0 aliphatic carbocycles. The smallest absolute Gasteiger partial charge is 0.251 e. The Bertz CT molecular complexity index is 942. The molecule has 2 aliphatic rings. The van der Waals surface area contributed by atoms with Crippen molar-refractivity contribution in [1.29, 1.82) is 0 Å². The fourth-order valence-electron chi connectivity index (χ4n) is 4.07. The maximum atomic E-state index is 13.2. The number of ether oxygens (including phenoxy) is 2. The number of rotatable bonds is 5. The van der Waals surface area contributed by atoms with Crippen molar-refractivity contribution in [2.45, 2.75) is 12.5 Å². The highest BCUT2D eigenvalue weighted by atomic mass is 19.1. The molecule has 8 heteroatoms. The van der Waals surface area contributed by atoms with Crippen LogP contribution in [-0.2, 0) is 9.59 Å². The van der Waals surface area contributed by atoms with E-state index in [2.05, 4.69) is 4.90 Å². The predicted octanol–water partition coefficient (Wildman–Crippen LogP) is 2.30. The van der Waals surface area contributed by atoms with Crippen LogP contribution in [0.1, 0.15) is 6.42 Å². The number of amides is 2. The Morgan fingerprint density at radius 1 is 0.933 bits per heavy atom. The van der Waals surface area contributed by atoms with Gasteiger partial charge in [0.2, 0.25) is 5.91 Å². The molecule has 7 nitrogen and oxygen atoms in total. The molecule has 0 spiro atoms. The Hall–Kier alpha value is -3.13. The zero-order valence-corrected chi connectivity index (χ0v) is 17.0. The third-order valence-corrected chi connectivity index (χ3v) is 5.70. The molecule has 30 heavy (non-hydrogen) atoms. The summed E-state index contributed by atoms with van der Waals surface area (Å²) in [6, 6.07) is 11.0. The topological polar surface area (TPSA) is 62.3 Å². The third-order valence-electron chi connectivity index (χ3n) is 5.70. The molecule has 0 radical (unpaired) electrons. The van der Waals surface area contributed by atoms with Crippen molar-refractivity contribution in [3.05, 3.63) is 48.3 Å². The molecule has 2 aromatic carbocycles. The van der Waals surface area contributed by atoms with Gasteiger partial charge >= 0.3 is 0 Å². The molecule has 2 saturated heterocycles. The molecule has 0 saturated carbocycles. The summed E-state index contributed by atoms with van der Waals surface area (Å²) in [5, 5.41) is 0. The number of benzene rings is 2. The first-order valence-electron chi connectivity index (χ1n) is 9.85. The average Bonchev–Trinajstić information content (AvgIpc) is 3.07. The summed E-state index contributed by atoms with van der Waals surface area (Å²) >= 11 is 0. The van der Waals surface area contributed by atoms with Crippen LogP contribution in [0.4, 0.5) is 15.8 Å². The number of hydrogen-bond acceptors (Lipinski definition) is 6. The number of nitrogens with zero attached hydrogens (tertiary/aromatic N) is 3. The minimum atomic E-state index is -0.497. The largest absolute Gasteiger partial charge is 0.497 e. The molecule has 0 unspecified atom stereocenters. The van der Waals surface area contributed by atoms with Crippen LogP contribution >= 0.6 is 0 Å². The number of methoxy groups -OCH3 is 2. The lowest BCUT2D eigenvalue weighted by molar-refractivity contribution is -0.123. The maximum absolute atomic E-state index is 13.2. The van der Waals surface area contributed by atoms with E-state index in [0.29, 0.717) is 43.4 Å². The molecule has 2 heterocycles. The van der Waals surface area contributed by atoms with Gasteiger partial charge in [0, 0.05) is 37.9 Å². The van der Waals surface area contributed by atoms with E-state index >= 15 is 0 Å². The zero-order chi connectivity index (χ0) is 21.3. The highest BCUT2D eigenvalue weighted by Crippen LogP contribution is 2.36. The van der Waals surface area contributed by atoms with E-state index < -0.39 is 6.04 Å². The van der Waals surface area contributed by atoms with E-state index in [0.717, 1.165) is 5.69 Å². The van der Waals surface area contributed by atoms with E-state index in [4.69, 9.17) is 9.47 Å². The van der Waals surface area contributed by atoms with Crippen molar-refractivity contribution in [2.24, 2.45) is 0 Å². The molecule has 1 atom stereocenters. The first-order chi connectivity index (χ1) is 14.5. The van der Waals surface area contributed by atoms with Crippen molar-refractivity contribution in [1.82, 2.24) is 4.90 Å². The minimum absolute atomic E-state index is 0.135. The van der Waals surface area contributed by atoms with Gasteiger partial charge < -0.3 is 14.4 Å². The second-order valence-corrected chi connectivity index (χ2v) is 7.32. The highest BCUT2D eigenvalue weighted by Gasteiger charge is 2.44. The first kappa shape index (κ1) is 20.2. The minimum Gasteiger partial charge on any atom is -0.497 e. The molecule has 0 N–H and O–H groups in total. The van der Waals surface area contributed by atoms with Gasteiger partial charge in [-0.15, -0.1) is 0 Å². The summed E-state index contributed by atoms with van der Waals surface area (Å²) in [5.74, 6) is 0.224. The summed E-state index contributed by atoms with van der Waals surface area (Å²) in [6.45, 7) is 2.69. The van der Waals surface area contributed by atoms with Gasteiger partial charge in [0.05, 0.1) is 32.4 Å². The second kappa shape index (κ2) is 8.31. The van der Waals surface area contributed by atoms with E-state index in [1.165, 1.54) is 31.3 Å². The van der Waals surface area contributed by atoms with Gasteiger partial charge in [-0.2, -0.15) is 0 Å². The Morgan fingerprint density at radius 2 is 1.63 bits per heavy atom. The molecule has 0 bridgehead atoms. The molecular weight excluding hydrogens is 389 g/mol. The molecule has 0 aromatic heterocycles. The summed E-state index contributed by atoms with van der Waals surface area (Å²) < 4.78 is 23.8. The number of carbonyl (C=O) groups is 2. The third kappa shape index (κ3) is 3.70. The van der Waals surface area contributed by atoms with Crippen LogP contribution in [0, 0.1) is 5.82 Å². The van der Waals surface area contributed by atoms with Gasteiger partial charge in [0.1, 0.15) is 17.3 Å². The number of halogens is 1. The summed E-state index contributed by atoms with van der Waals surface area (Å²) in [6.07, 6.45) is 0.135. The summed E-state index contributed by atoms with van der Waals surface area (Å²) in [4.78, 5) is 31.4. The van der Waals surface area contributed by atoms with E-state index in [1.807, 2.05) is 4.90 Å². The number of hydrogen-bond donors (Lipinski definition) is 0. The van der Waals surface area contributed by atoms with Crippen LogP contribution < -0.4 is 19.3 Å². The monoisotopic (exact) mass is 413 g/mol. The lowest BCUT2D eigenvalue weighted by Gasteiger charge is -2.38. The van der Waals surface area contributed by atoms with E-state index in [1.54, 1.807) is 30.3 Å². The Labute approximate surface area is 174 Å². The number of carbonyl (C=O) groups excluding carboxylic acids is 2. The van der Waals surface area contributed by atoms with Gasteiger partial charge in [-0.1, -0.05) is 0 Å². The zero-order valence-electron chi connectivity index (χ0n) is 17.0. The molecule has 2 fully saturated rings. The van der Waals surface area contributed by atoms with Crippen molar-refractivity contribution in [2.75, 3.05) is 50.2 Å². The van der Waals surface area contributed by atoms with Gasteiger partial charge in [-0.3, -0.25) is 14.5 Å². The average molecular weight is 413 g/mol. The van der Waals surface area contributed by atoms with Crippen LogP contribution in [0.15, 0.2) is 42.5 Å². The van der Waals surface area contributed by atoms with Gasteiger partial charge in [-0.25, -0.2) is 9.29 Å². The maximum Gasteiger partial charge on any atom is 0.251 e. The van der Waals surface area contributed by atoms with Gasteiger partial charge in [0.15, 0.2) is 0 Å². The molecule has 4 rings (SSSR count). The molecular formula is C22H24FN3O4. The van der Waals surface area contributed by atoms with Crippen molar-refractivity contribution in [3.63, 3.8) is 0 Å². The molecule has 2 aliphatic heterocycles. The molecule has 158 valence electrons. The first-order valence-corrected chi connectivity index (χ1v) is 9.85. The Kier molecular flexibility index (Phi) is 5.59. The van der Waals surface area contributed by atoms with Crippen LogP contribution in [0.25, 0.3) is 0 Å². The van der Waals surface area contributed by atoms with Crippen molar-refractivity contribution >= 4 is 23.2 Å². The number of anilines is 2. The molecule has 2 amide bonds. The molecule has 2 aromatic rings. The van der Waals surface area contributed by atoms with Crippen LogP contribution in [0.5, 0.6) is 11.5 Å². The lowest BCUT2D eigenvalue weighted by Crippen LogP contribution is -2.52. The van der Waals surface area contributed by atoms with Crippen molar-refractivity contribution < 1.29 is 23.5 Å². The fourth-order valence-corrected chi connectivity index (χ4v) is 4.07. The van der Waals surface area contributed by atoms with Crippen LogP contribution in [-0.4, -0.2) is 63.2 Å². The Morgan fingerprint density at radius 3 is 2.27 bits per heavy atom. The lowest BCUT2D eigenvalue weighted by atomic mass is 10.1. The summed E-state index contributed by atoms with van der Waals surface area (Å²) in [5.41, 5.74) is 1.35. The normalized spacial score (nSPS) is 20.0. The van der Waals surface area contributed by atoms with Crippen LogP contribution in [0.2, 0.25) is 0 Å². The Balaban J connectivity index is 1.48. The van der Waals surface area contributed by atoms with E-state index in [9.17, 15) is 14.0 Å². The standard InChI is InChI=1S/C22H24FN3O4/c1-29-17-7-8-20(30-2)18(13-17)26-21(27)14-19(22(26)28)25-11-9-24(10-12-25)16-5-3-15(23)4-6-16/h3-8,13,19H,9-12,14H2,1-2H3/t19-/m0/s1. The fraction of sp³-hybridized carbons (Fsp3) is 0.364. The van der Waals surface area contributed by atoms with Gasteiger partial charge in [-0.05, 0) is 36.4 Å². The predicted molar refractivity (Wildman–Crippen MR) is 111 cm³/mol. The van der Waals surface area contributed by atoms with Gasteiger partial charge in [0.25, 0.3) is 5.91 Å². The highest BCUT2D eigenvalue weighted by molar-refractivity contribution is 6.23. The quantitative estimate of drug-likeness (QED) is 0.701. The van der Waals surface area contributed by atoms with Crippen molar-refractivity contribution in [3.8, 4) is 11.5 Å². The van der Waals surface area contributed by atoms with E-state index in [-0.39, 0.29) is 24.1 Å². The SMILES string of the molecule is COc1ccc(OC)c(N2C(=O)C[C@H](N3CCN(c4ccc(F)cc4)CC3)C2=O)c1. The summed E-state index contributed by atoms with van der Waals surface area (Å²) in [7, 11) is 3.03. The second-order valence-electron chi connectivity index (χ2n) is 7.32. The number of imide groups is 1. The van der Waals surface area contributed by atoms with Crippen LogP contribution in [0.3, 0.4) is 0 Å². The number of piperazine rings is 1.